The number of hydrogen-bond donors (Lipinski definition) is 1. The van der Waals surface area contributed by atoms with Crippen LogP contribution in [0.3, 0.4) is 0 Å². The number of aliphatic hydroxyl groups is 1. The lowest BCUT2D eigenvalue weighted by molar-refractivity contribution is 0.246. The average molecular weight is 317 g/mol. The van der Waals surface area contributed by atoms with Crippen molar-refractivity contribution in [3.8, 4) is 0 Å². The number of hydrogen-bond acceptors (Lipinski definition) is 4. The molecule has 114 valence electrons. The Labute approximate surface area is 125 Å². The molecule has 1 aliphatic carbocycles. The molecule has 0 spiro atoms. The first-order chi connectivity index (χ1) is 9.36. The number of nitrogens with zero attached hydrogens (tertiary/aromatic N) is 1. The molecule has 0 aliphatic heterocycles. The Morgan fingerprint density at radius 3 is 2.45 bits per heavy atom. The fourth-order valence-electron chi connectivity index (χ4n) is 2.82. The van der Waals surface area contributed by atoms with E-state index < -0.39 is 10.0 Å². The van der Waals surface area contributed by atoms with E-state index in [0.717, 1.165) is 30.6 Å². The topological polar surface area (TPSA) is 57.6 Å². The summed E-state index contributed by atoms with van der Waals surface area (Å²) in [6.07, 6.45) is 4.06. The molecule has 0 bridgehead atoms. The zero-order valence-corrected chi connectivity index (χ0v) is 13.9. The standard InChI is InChI=1S/C14H23NO3S2/c1-10-4-6-12(7-5-10)15(3)20(17,18)14-8-13(9-16)19-11(14)2/h8,10,12,16H,4-7,9H2,1-3H3. The zero-order valence-electron chi connectivity index (χ0n) is 12.3. The van der Waals surface area contributed by atoms with Crippen molar-refractivity contribution in [1.29, 1.82) is 0 Å². The quantitative estimate of drug-likeness (QED) is 0.929. The van der Waals surface area contributed by atoms with Gasteiger partial charge in [0.15, 0.2) is 0 Å². The molecule has 1 saturated carbocycles. The number of rotatable bonds is 4. The minimum Gasteiger partial charge on any atom is -0.391 e. The van der Waals surface area contributed by atoms with Gasteiger partial charge in [0, 0.05) is 22.8 Å². The summed E-state index contributed by atoms with van der Waals surface area (Å²) in [5, 5.41) is 9.16. The normalized spacial score (nSPS) is 24.2. The van der Waals surface area contributed by atoms with Crippen molar-refractivity contribution in [3.63, 3.8) is 0 Å². The Balaban J connectivity index is 2.22. The van der Waals surface area contributed by atoms with E-state index in [2.05, 4.69) is 6.92 Å². The van der Waals surface area contributed by atoms with Crippen molar-refractivity contribution in [2.45, 2.75) is 57.1 Å². The van der Waals surface area contributed by atoms with E-state index in [9.17, 15) is 8.42 Å². The molecule has 0 unspecified atom stereocenters. The van der Waals surface area contributed by atoms with Gasteiger partial charge in [-0.2, -0.15) is 4.31 Å². The highest BCUT2D eigenvalue weighted by atomic mass is 32.2. The lowest BCUT2D eigenvalue weighted by Crippen LogP contribution is -2.39. The maximum atomic E-state index is 12.7. The van der Waals surface area contributed by atoms with Crippen LogP contribution in [0.2, 0.25) is 0 Å². The summed E-state index contributed by atoms with van der Waals surface area (Å²) < 4.78 is 27.0. The van der Waals surface area contributed by atoms with Gasteiger partial charge >= 0.3 is 0 Å². The molecule has 0 saturated heterocycles. The summed E-state index contributed by atoms with van der Waals surface area (Å²) in [6, 6.07) is 1.71. The monoisotopic (exact) mass is 317 g/mol. The predicted octanol–water partition coefficient (Wildman–Crippen LogP) is 2.75. The van der Waals surface area contributed by atoms with Crippen LogP contribution in [0.25, 0.3) is 0 Å². The van der Waals surface area contributed by atoms with E-state index >= 15 is 0 Å². The fourth-order valence-corrected chi connectivity index (χ4v) is 5.69. The predicted molar refractivity (Wildman–Crippen MR) is 81.3 cm³/mol. The van der Waals surface area contributed by atoms with Crippen LogP contribution in [-0.4, -0.2) is 30.9 Å². The minimum atomic E-state index is -3.44. The van der Waals surface area contributed by atoms with Gasteiger partial charge in [-0.15, -0.1) is 11.3 Å². The summed E-state index contributed by atoms with van der Waals surface area (Å²) in [5.74, 6) is 0.700. The molecule has 2 rings (SSSR count). The zero-order chi connectivity index (χ0) is 14.9. The largest absolute Gasteiger partial charge is 0.391 e. The molecular formula is C14H23NO3S2. The Hall–Kier alpha value is -0.430. The lowest BCUT2D eigenvalue weighted by Gasteiger charge is -2.32. The second-order valence-electron chi connectivity index (χ2n) is 5.73. The van der Waals surface area contributed by atoms with Gasteiger partial charge in [0.05, 0.1) is 11.5 Å². The average Bonchev–Trinajstić information content (AvgIpc) is 2.81. The highest BCUT2D eigenvalue weighted by Crippen LogP contribution is 2.32. The van der Waals surface area contributed by atoms with Gasteiger partial charge in [-0.05, 0) is 44.6 Å². The van der Waals surface area contributed by atoms with Crippen LogP contribution in [0.4, 0.5) is 0 Å². The van der Waals surface area contributed by atoms with E-state index in [1.54, 1.807) is 20.0 Å². The van der Waals surface area contributed by atoms with Gasteiger partial charge in [-0.1, -0.05) is 6.92 Å². The van der Waals surface area contributed by atoms with E-state index in [1.165, 1.54) is 15.6 Å². The molecule has 0 aromatic carbocycles. The summed E-state index contributed by atoms with van der Waals surface area (Å²) >= 11 is 1.35. The smallest absolute Gasteiger partial charge is 0.244 e. The molecular weight excluding hydrogens is 294 g/mol. The Morgan fingerprint density at radius 2 is 1.95 bits per heavy atom. The van der Waals surface area contributed by atoms with E-state index in [-0.39, 0.29) is 12.6 Å². The third kappa shape index (κ3) is 3.08. The van der Waals surface area contributed by atoms with Crippen LogP contribution >= 0.6 is 11.3 Å². The molecule has 6 heteroatoms. The minimum absolute atomic E-state index is 0.105. The van der Waals surface area contributed by atoms with Gasteiger partial charge in [0.25, 0.3) is 0 Å². The van der Waals surface area contributed by atoms with Gasteiger partial charge in [0.2, 0.25) is 10.0 Å². The van der Waals surface area contributed by atoms with Gasteiger partial charge in [-0.3, -0.25) is 0 Å². The summed E-state index contributed by atoms with van der Waals surface area (Å²) in [6.45, 7) is 3.92. The van der Waals surface area contributed by atoms with Crippen molar-refractivity contribution in [1.82, 2.24) is 4.31 Å². The first kappa shape index (κ1) is 15.9. The van der Waals surface area contributed by atoms with Crippen LogP contribution in [0, 0.1) is 12.8 Å². The van der Waals surface area contributed by atoms with Crippen LogP contribution in [0.15, 0.2) is 11.0 Å². The highest BCUT2D eigenvalue weighted by molar-refractivity contribution is 7.89. The van der Waals surface area contributed by atoms with Crippen LogP contribution < -0.4 is 0 Å². The molecule has 1 aromatic rings. The van der Waals surface area contributed by atoms with Crippen molar-refractivity contribution >= 4 is 21.4 Å². The highest BCUT2D eigenvalue weighted by Gasteiger charge is 2.32. The molecule has 0 amide bonds. The number of sulfonamides is 1. The molecule has 0 radical (unpaired) electrons. The number of aliphatic hydroxyl groups excluding tert-OH is 1. The molecule has 0 atom stereocenters. The molecule has 1 heterocycles. The molecule has 1 fully saturated rings. The van der Waals surface area contributed by atoms with Crippen molar-refractivity contribution in [2.75, 3.05) is 7.05 Å². The lowest BCUT2D eigenvalue weighted by atomic mass is 9.87. The Bertz CT molecular complexity index is 557. The summed E-state index contributed by atoms with van der Waals surface area (Å²) in [4.78, 5) is 1.81. The molecule has 1 aliphatic rings. The van der Waals surface area contributed by atoms with E-state index in [0.29, 0.717) is 15.7 Å². The molecule has 4 nitrogen and oxygen atoms in total. The fraction of sp³-hybridized carbons (Fsp3) is 0.714. The maximum absolute atomic E-state index is 12.7. The molecule has 1 aromatic heterocycles. The SMILES string of the molecule is Cc1sc(CO)cc1S(=O)(=O)N(C)C1CCC(C)CC1. The van der Waals surface area contributed by atoms with E-state index in [4.69, 9.17) is 5.11 Å². The molecule has 20 heavy (non-hydrogen) atoms. The van der Waals surface area contributed by atoms with Crippen LogP contribution in [0.1, 0.15) is 42.4 Å². The van der Waals surface area contributed by atoms with Gasteiger partial charge in [-0.25, -0.2) is 8.42 Å². The van der Waals surface area contributed by atoms with Gasteiger partial charge in [0.1, 0.15) is 0 Å². The third-order valence-electron chi connectivity index (χ3n) is 4.24. The summed E-state index contributed by atoms with van der Waals surface area (Å²) in [5.41, 5.74) is 0. The van der Waals surface area contributed by atoms with Crippen LogP contribution in [-0.2, 0) is 16.6 Å². The van der Waals surface area contributed by atoms with Crippen molar-refractivity contribution < 1.29 is 13.5 Å². The Kier molecular flexibility index (Phi) is 4.89. The van der Waals surface area contributed by atoms with Crippen molar-refractivity contribution in [2.24, 2.45) is 5.92 Å². The van der Waals surface area contributed by atoms with Crippen molar-refractivity contribution in [3.05, 3.63) is 15.8 Å². The number of thiophene rings is 1. The first-order valence-electron chi connectivity index (χ1n) is 7.04. The number of aryl methyl sites for hydroxylation is 1. The van der Waals surface area contributed by atoms with Gasteiger partial charge < -0.3 is 5.11 Å². The second kappa shape index (κ2) is 6.13. The first-order valence-corrected chi connectivity index (χ1v) is 9.30. The second-order valence-corrected chi connectivity index (χ2v) is 9.03. The molecule has 1 N–H and O–H groups in total. The van der Waals surface area contributed by atoms with Crippen LogP contribution in [0.5, 0.6) is 0 Å². The van der Waals surface area contributed by atoms with E-state index in [1.807, 2.05) is 0 Å². The Morgan fingerprint density at radius 1 is 1.35 bits per heavy atom. The maximum Gasteiger partial charge on any atom is 0.244 e. The summed E-state index contributed by atoms with van der Waals surface area (Å²) in [7, 11) is -1.76. The third-order valence-corrected chi connectivity index (χ3v) is 7.44.